The molecule has 1 aromatic carbocycles. The van der Waals surface area contributed by atoms with Gasteiger partial charge in [-0.15, -0.1) is 11.3 Å². The van der Waals surface area contributed by atoms with E-state index in [1.54, 1.807) is 17.8 Å². The highest BCUT2D eigenvalue weighted by Crippen LogP contribution is 2.43. The van der Waals surface area contributed by atoms with E-state index in [2.05, 4.69) is 20.6 Å². The fourth-order valence-corrected chi connectivity index (χ4v) is 5.61. The molecule has 0 fully saturated rings. The van der Waals surface area contributed by atoms with Gasteiger partial charge in [-0.3, -0.25) is 14.3 Å². The number of nitrogens with zero attached hydrogens (tertiary/aromatic N) is 4. The van der Waals surface area contributed by atoms with E-state index in [4.69, 9.17) is 22.2 Å². The Morgan fingerprint density at radius 2 is 2.10 bits per heavy atom. The second-order valence-electron chi connectivity index (χ2n) is 8.65. The molecule has 0 spiro atoms. The lowest BCUT2D eigenvalue weighted by Crippen LogP contribution is -2.29. The Bertz CT molecular complexity index is 1650. The maximum absolute atomic E-state index is 14.4. The van der Waals surface area contributed by atoms with Crippen LogP contribution in [0.3, 0.4) is 0 Å². The van der Waals surface area contributed by atoms with E-state index in [-0.39, 0.29) is 43.5 Å². The summed E-state index contributed by atoms with van der Waals surface area (Å²) in [4.78, 5) is 34.9. The summed E-state index contributed by atoms with van der Waals surface area (Å²) in [5.74, 6) is -2.23. The third-order valence-electron chi connectivity index (χ3n) is 6.15. The normalized spacial score (nSPS) is 15.1. The van der Waals surface area contributed by atoms with Crippen molar-refractivity contribution in [3.05, 3.63) is 63.1 Å². The molecule has 0 radical (unpaired) electrons. The number of aromatic nitrogens is 3. The maximum atomic E-state index is 14.4. The van der Waals surface area contributed by atoms with Crippen molar-refractivity contribution in [1.29, 1.82) is 0 Å². The largest absolute Gasteiger partial charge is 0.382 e. The van der Waals surface area contributed by atoms with Gasteiger partial charge in [-0.2, -0.15) is 5.10 Å². The molecule has 0 aliphatic carbocycles. The quantitative estimate of drug-likeness (QED) is 0.303. The number of alkyl halides is 2. The number of primary amides is 1. The zero-order chi connectivity index (χ0) is 28.0. The smallest absolute Gasteiger partial charge is 0.280 e. The Morgan fingerprint density at radius 3 is 2.74 bits per heavy atom. The monoisotopic (exact) mass is 576 g/mol. The number of nitrogens with two attached hydrogens (primary N) is 1. The number of oxime groups is 1. The molecule has 2 amide bonds. The van der Waals surface area contributed by atoms with Gasteiger partial charge in [0.25, 0.3) is 18.2 Å². The topological polar surface area (TPSA) is 124 Å². The Hall–Kier alpha value is -3.97. The van der Waals surface area contributed by atoms with E-state index in [0.29, 0.717) is 23.4 Å². The van der Waals surface area contributed by atoms with Gasteiger partial charge >= 0.3 is 0 Å². The number of anilines is 1. The van der Waals surface area contributed by atoms with Crippen molar-refractivity contribution in [1.82, 2.24) is 14.8 Å². The number of hydrogen-bond donors (Lipinski definition) is 2. The maximum Gasteiger partial charge on any atom is 0.280 e. The highest BCUT2D eigenvalue weighted by molar-refractivity contribution is 7.21. The molecular formula is C25H20ClF3N6O3S. The molecule has 1 atom stereocenters. The van der Waals surface area contributed by atoms with Gasteiger partial charge in [0, 0.05) is 30.1 Å². The van der Waals surface area contributed by atoms with Crippen LogP contribution in [0.2, 0.25) is 5.02 Å². The van der Waals surface area contributed by atoms with Gasteiger partial charge in [-0.1, -0.05) is 22.8 Å². The molecule has 5 rings (SSSR count). The molecule has 9 nitrogen and oxygen atoms in total. The first kappa shape index (κ1) is 26.6. The van der Waals surface area contributed by atoms with Gasteiger partial charge in [0.05, 0.1) is 27.7 Å². The van der Waals surface area contributed by atoms with Crippen molar-refractivity contribution >= 4 is 56.4 Å². The fraction of sp³-hybridized carbons (Fsp3) is 0.240. The van der Waals surface area contributed by atoms with Crippen molar-refractivity contribution in [3.63, 3.8) is 0 Å². The zero-order valence-corrected chi connectivity index (χ0v) is 22.0. The number of halogens is 4. The second-order valence-corrected chi connectivity index (χ2v) is 10.1. The first-order valence-corrected chi connectivity index (χ1v) is 12.9. The number of aryl methyl sites for hydroxylation is 2. The minimum Gasteiger partial charge on any atom is -0.382 e. The number of benzene rings is 1. The molecule has 4 aromatic rings. The molecule has 39 heavy (non-hydrogen) atoms. The number of amides is 2. The zero-order valence-electron chi connectivity index (χ0n) is 20.5. The molecule has 202 valence electrons. The molecule has 0 saturated heterocycles. The molecule has 3 N–H and O–H groups in total. The Kier molecular flexibility index (Phi) is 7.03. The predicted molar refractivity (Wildman–Crippen MR) is 141 cm³/mol. The summed E-state index contributed by atoms with van der Waals surface area (Å²) in [5.41, 5.74) is 6.61. The number of hydrogen-bond acceptors (Lipinski definition) is 7. The van der Waals surface area contributed by atoms with Gasteiger partial charge in [0.2, 0.25) is 6.10 Å². The first-order valence-electron chi connectivity index (χ1n) is 11.7. The number of carbonyl (C=O) groups excluding carboxylic acids is 2. The van der Waals surface area contributed by atoms with E-state index in [9.17, 15) is 22.8 Å². The number of thiophene rings is 1. The molecule has 1 aliphatic heterocycles. The molecule has 0 bridgehead atoms. The Balaban J connectivity index is 1.57. The van der Waals surface area contributed by atoms with Crippen LogP contribution in [0.1, 0.15) is 46.4 Å². The number of rotatable bonds is 7. The number of fused-ring (bicyclic) bond motifs is 1. The standard InChI is InChI=1S/C25H20ClF3N6O3S/c1-3-35-9-12(10(2)33-35)11-7-16(22(28)29)31-25-18(11)20(21(39-25)23(30)36)32-24(37)17-8-15(34-38-17)19-13(26)5-4-6-14(19)27/h4-7,9,17,22H,3,8H2,1-2H3,(H2,30,36)(H,32,37). The van der Waals surface area contributed by atoms with E-state index < -0.39 is 35.9 Å². The fourth-order valence-electron chi connectivity index (χ4n) is 4.32. The van der Waals surface area contributed by atoms with Crippen molar-refractivity contribution in [3.8, 4) is 11.1 Å². The van der Waals surface area contributed by atoms with Crippen LogP contribution >= 0.6 is 22.9 Å². The Morgan fingerprint density at radius 1 is 1.33 bits per heavy atom. The van der Waals surface area contributed by atoms with Crippen LogP contribution in [-0.4, -0.2) is 38.4 Å². The van der Waals surface area contributed by atoms with Crippen LogP contribution in [0.25, 0.3) is 21.3 Å². The predicted octanol–water partition coefficient (Wildman–Crippen LogP) is 5.45. The third kappa shape index (κ3) is 4.83. The summed E-state index contributed by atoms with van der Waals surface area (Å²) in [6, 6.07) is 5.33. The summed E-state index contributed by atoms with van der Waals surface area (Å²) >= 11 is 6.89. The van der Waals surface area contributed by atoms with Gasteiger partial charge in [0.1, 0.15) is 21.2 Å². The summed E-state index contributed by atoms with van der Waals surface area (Å²) in [5, 5.41) is 11.2. The van der Waals surface area contributed by atoms with Crippen LogP contribution < -0.4 is 11.1 Å². The molecule has 0 saturated carbocycles. The SMILES string of the molecule is CCn1cc(-c2cc(C(F)F)nc3sc(C(N)=O)c(NC(=O)C4CC(c5c(F)cccc5Cl)=NO4)c23)c(C)n1. The van der Waals surface area contributed by atoms with Gasteiger partial charge in [0.15, 0.2) is 0 Å². The van der Waals surface area contributed by atoms with E-state index in [0.717, 1.165) is 11.3 Å². The van der Waals surface area contributed by atoms with Crippen LogP contribution in [0.5, 0.6) is 0 Å². The third-order valence-corrected chi connectivity index (χ3v) is 7.56. The lowest BCUT2D eigenvalue weighted by atomic mass is 10.0. The highest BCUT2D eigenvalue weighted by atomic mass is 35.5. The summed E-state index contributed by atoms with van der Waals surface area (Å²) < 4.78 is 43.5. The van der Waals surface area contributed by atoms with E-state index in [1.165, 1.54) is 24.3 Å². The lowest BCUT2D eigenvalue weighted by Gasteiger charge is -2.12. The van der Waals surface area contributed by atoms with E-state index >= 15 is 0 Å². The van der Waals surface area contributed by atoms with Gasteiger partial charge in [-0.05, 0) is 37.6 Å². The Labute approximate surface area is 228 Å². The van der Waals surface area contributed by atoms with E-state index in [1.807, 2.05) is 6.92 Å². The molecular weight excluding hydrogens is 557 g/mol. The minimum absolute atomic E-state index is 0.000406. The molecule has 4 heterocycles. The van der Waals surface area contributed by atoms with Crippen molar-refractivity contribution in [2.75, 3.05) is 5.32 Å². The number of carbonyl (C=O) groups is 2. The average molecular weight is 577 g/mol. The summed E-state index contributed by atoms with van der Waals surface area (Å²) in [7, 11) is 0. The lowest BCUT2D eigenvalue weighted by molar-refractivity contribution is -0.125. The second kappa shape index (κ2) is 10.3. The minimum atomic E-state index is -2.89. The van der Waals surface area contributed by atoms with Crippen molar-refractivity contribution < 1.29 is 27.6 Å². The van der Waals surface area contributed by atoms with Gasteiger partial charge < -0.3 is 15.9 Å². The number of nitrogens with one attached hydrogen (secondary N) is 1. The van der Waals surface area contributed by atoms with Crippen molar-refractivity contribution in [2.24, 2.45) is 10.9 Å². The molecule has 1 unspecified atom stereocenters. The molecule has 3 aromatic heterocycles. The highest BCUT2D eigenvalue weighted by Gasteiger charge is 2.33. The molecule has 1 aliphatic rings. The van der Waals surface area contributed by atoms with Gasteiger partial charge in [-0.25, -0.2) is 18.2 Å². The average Bonchev–Trinajstić information content (AvgIpc) is 3.61. The summed E-state index contributed by atoms with van der Waals surface area (Å²) in [6.07, 6.45) is -2.50. The molecule has 14 heteroatoms. The van der Waals surface area contributed by atoms with Crippen LogP contribution in [0.15, 0.2) is 35.6 Å². The van der Waals surface area contributed by atoms with Crippen molar-refractivity contribution in [2.45, 2.75) is 39.3 Å². The summed E-state index contributed by atoms with van der Waals surface area (Å²) in [6.45, 7) is 4.12. The number of pyridine rings is 1. The van der Waals surface area contributed by atoms with Crippen LogP contribution in [0, 0.1) is 12.7 Å². The first-order chi connectivity index (χ1) is 18.6. The van der Waals surface area contributed by atoms with Crippen LogP contribution in [-0.2, 0) is 16.2 Å². The van der Waals surface area contributed by atoms with Crippen LogP contribution in [0.4, 0.5) is 18.9 Å².